The van der Waals surface area contributed by atoms with Gasteiger partial charge in [-0.15, -0.1) is 0 Å². The Morgan fingerprint density at radius 3 is 1.96 bits per heavy atom. The zero-order valence-corrected chi connectivity index (χ0v) is 16.9. The number of aliphatic carboxylic acids is 1. The summed E-state index contributed by atoms with van der Waals surface area (Å²) >= 11 is 4.15. The highest BCUT2D eigenvalue weighted by molar-refractivity contribution is 7.80. The maximum absolute atomic E-state index is 11.4. The molecule has 0 saturated heterocycles. The topological polar surface area (TPSA) is 120 Å². The quantitative estimate of drug-likeness (QED) is 0.187. The average molecular weight is 425 g/mol. The number of rotatable bonds is 5. The lowest BCUT2D eigenvalue weighted by molar-refractivity contribution is -0.617. The lowest BCUT2D eigenvalue weighted by Gasteiger charge is -2.16. The lowest BCUT2D eigenvalue weighted by Crippen LogP contribution is -2.34. The molecule has 0 spiro atoms. The highest BCUT2D eigenvalue weighted by Crippen LogP contribution is 2.30. The summed E-state index contributed by atoms with van der Waals surface area (Å²) in [5.74, 6) is -0.685. The van der Waals surface area contributed by atoms with Crippen LogP contribution >= 0.6 is 12.6 Å². The minimum Gasteiger partial charge on any atom is -0.726 e. The number of aromatic nitrogens is 1. The van der Waals surface area contributed by atoms with Crippen molar-refractivity contribution in [3.05, 3.63) is 48.5 Å². The number of hydrogen-bond donors (Lipinski definition) is 3. The van der Waals surface area contributed by atoms with Crippen molar-refractivity contribution in [3.63, 3.8) is 0 Å². The molecule has 0 saturated carbocycles. The lowest BCUT2D eigenvalue weighted by atomic mass is 10.1. The van der Waals surface area contributed by atoms with E-state index in [1.54, 1.807) is 0 Å². The molecule has 8 nitrogen and oxygen atoms in total. The second-order valence-corrected chi connectivity index (χ2v) is 7.28. The largest absolute Gasteiger partial charge is 0.726 e. The Kier molecular flexibility index (Phi) is 7.19. The van der Waals surface area contributed by atoms with Crippen molar-refractivity contribution in [1.29, 1.82) is 0 Å². The van der Waals surface area contributed by atoms with Crippen LogP contribution in [0.25, 0.3) is 21.8 Å². The van der Waals surface area contributed by atoms with Gasteiger partial charge in [0.05, 0.1) is 23.6 Å². The molecule has 1 unspecified atom stereocenters. The van der Waals surface area contributed by atoms with Gasteiger partial charge in [-0.3, -0.25) is 4.18 Å². The van der Waals surface area contributed by atoms with Crippen LogP contribution in [0.1, 0.15) is 0 Å². The molecule has 0 aliphatic carbocycles. The molecule has 0 fully saturated rings. The van der Waals surface area contributed by atoms with Crippen LogP contribution in [0.15, 0.2) is 48.5 Å². The number of benzene rings is 2. The molecule has 1 aromatic heterocycles. The van der Waals surface area contributed by atoms with Gasteiger partial charge >= 0.3 is 5.97 Å². The Morgan fingerprint density at radius 1 is 1.18 bits per heavy atom. The van der Waals surface area contributed by atoms with E-state index in [0.717, 1.165) is 34.6 Å². The fourth-order valence-electron chi connectivity index (χ4n) is 2.75. The van der Waals surface area contributed by atoms with Crippen LogP contribution in [-0.2, 0) is 26.4 Å². The molecule has 28 heavy (non-hydrogen) atoms. The van der Waals surface area contributed by atoms with Gasteiger partial charge in [-0.25, -0.2) is 13.2 Å². The highest BCUT2D eigenvalue weighted by Gasteiger charge is 2.22. The Hall–Kier alpha value is -2.40. The second kappa shape index (κ2) is 9.20. The molecular weight excluding hydrogens is 404 g/mol. The van der Waals surface area contributed by atoms with Gasteiger partial charge in [-0.05, 0) is 12.1 Å². The number of carboxylic acid groups (broad SMARTS) is 1. The fourth-order valence-corrected chi connectivity index (χ4v) is 2.99. The van der Waals surface area contributed by atoms with E-state index in [1.807, 2.05) is 55.6 Å². The zero-order chi connectivity index (χ0) is 20.9. The third-order valence-electron chi connectivity index (χ3n) is 4.07. The van der Waals surface area contributed by atoms with Gasteiger partial charge in [0.25, 0.3) is 0 Å². The normalized spacial score (nSPS) is 12.3. The molecular formula is C18H20N2O6S2. The molecule has 2 aromatic carbocycles. The predicted octanol–water partition coefficient (Wildman–Crippen LogP) is 1.71. The average Bonchev–Trinajstić information content (AvgIpc) is 2.68. The van der Waals surface area contributed by atoms with Crippen LogP contribution in [0.4, 0.5) is 5.69 Å². The third-order valence-corrected chi connectivity index (χ3v) is 4.85. The molecule has 0 bridgehead atoms. The number of fused-ring (bicyclic) bond motifs is 2. The first-order valence-electron chi connectivity index (χ1n) is 8.10. The maximum atomic E-state index is 11.4. The number of carbonyl (C=O) groups is 1. The Morgan fingerprint density at radius 2 is 1.61 bits per heavy atom. The van der Waals surface area contributed by atoms with Crippen molar-refractivity contribution in [2.24, 2.45) is 7.05 Å². The predicted molar refractivity (Wildman–Crippen MR) is 108 cm³/mol. The van der Waals surface area contributed by atoms with E-state index in [1.165, 1.54) is 0 Å². The van der Waals surface area contributed by atoms with Crippen molar-refractivity contribution in [3.8, 4) is 0 Å². The summed E-state index contributed by atoms with van der Waals surface area (Å²) in [5.41, 5.74) is 2.93. The SMILES string of the molecule is COS(=O)(=O)[O-].C[n+]1c2ccccc2c(NC(CS)C(=O)O)c2ccccc21. The van der Waals surface area contributed by atoms with E-state index in [9.17, 15) is 22.9 Å². The molecule has 0 aliphatic heterocycles. The first-order chi connectivity index (χ1) is 13.2. The van der Waals surface area contributed by atoms with Crippen LogP contribution in [0.2, 0.25) is 0 Å². The van der Waals surface area contributed by atoms with Gasteiger partial charge in [-0.1, -0.05) is 24.3 Å². The third kappa shape index (κ3) is 5.10. The summed E-state index contributed by atoms with van der Waals surface area (Å²) in [7, 11) is -1.59. The molecule has 0 amide bonds. The van der Waals surface area contributed by atoms with Crippen molar-refractivity contribution in [2.45, 2.75) is 6.04 Å². The molecule has 1 heterocycles. The minimum absolute atomic E-state index is 0.221. The van der Waals surface area contributed by atoms with Crippen LogP contribution in [-0.4, -0.2) is 43.0 Å². The first-order valence-corrected chi connectivity index (χ1v) is 10.1. The number of hydrogen-bond acceptors (Lipinski definition) is 7. The van der Waals surface area contributed by atoms with E-state index in [0.29, 0.717) is 0 Å². The first kappa shape index (κ1) is 21.9. The molecule has 0 radical (unpaired) electrons. The highest BCUT2D eigenvalue weighted by atomic mass is 32.3. The van der Waals surface area contributed by atoms with Gasteiger partial charge in [-0.2, -0.15) is 17.2 Å². The van der Waals surface area contributed by atoms with Crippen molar-refractivity contribution in [2.75, 3.05) is 18.2 Å². The number of carboxylic acids is 1. The number of pyridine rings is 1. The van der Waals surface area contributed by atoms with Gasteiger partial charge in [0.15, 0.2) is 0 Å². The number of para-hydroxylation sites is 2. The van der Waals surface area contributed by atoms with Crippen molar-refractivity contribution < 1.29 is 31.6 Å². The summed E-state index contributed by atoms with van der Waals surface area (Å²) in [6.07, 6.45) is 0. The van der Waals surface area contributed by atoms with Crippen LogP contribution in [0, 0.1) is 0 Å². The van der Waals surface area contributed by atoms with E-state index < -0.39 is 22.4 Å². The summed E-state index contributed by atoms with van der Waals surface area (Å²) in [4.78, 5) is 11.4. The molecule has 3 rings (SSSR count). The van der Waals surface area contributed by atoms with Crippen molar-refractivity contribution >= 4 is 56.5 Å². The van der Waals surface area contributed by atoms with E-state index >= 15 is 0 Å². The van der Waals surface area contributed by atoms with Crippen LogP contribution in [0.3, 0.4) is 0 Å². The number of nitrogens with one attached hydrogen (secondary N) is 1. The van der Waals surface area contributed by atoms with Gasteiger partial charge in [0.1, 0.15) is 13.1 Å². The Labute approximate surface area is 168 Å². The van der Waals surface area contributed by atoms with E-state index in [4.69, 9.17) is 0 Å². The summed E-state index contributed by atoms with van der Waals surface area (Å²) in [6, 6.07) is 15.2. The standard InChI is InChI=1S/C17H16N2O2S.CH4O4S/c1-19-14-8-4-2-6-11(14)16(18-13(10-22)17(20)21)12-7-3-5-9-15(12)19;1-5-6(2,3)4/h2-9,13H,10H2,1H3,(H2,20,21,22);1H3,(H,2,3,4). The molecule has 3 aromatic rings. The smallest absolute Gasteiger partial charge is 0.326 e. The molecule has 2 N–H and O–H groups in total. The number of anilines is 1. The van der Waals surface area contributed by atoms with Crippen LogP contribution < -0.4 is 9.88 Å². The second-order valence-electron chi connectivity index (χ2n) is 5.76. The Bertz CT molecular complexity index is 1040. The summed E-state index contributed by atoms with van der Waals surface area (Å²) in [6.45, 7) is 0. The van der Waals surface area contributed by atoms with Crippen molar-refractivity contribution in [1.82, 2.24) is 0 Å². The molecule has 0 aliphatic rings. The maximum Gasteiger partial charge on any atom is 0.326 e. The molecule has 150 valence electrons. The minimum atomic E-state index is -4.41. The number of thiol groups is 1. The van der Waals surface area contributed by atoms with Gasteiger partial charge in [0, 0.05) is 17.9 Å². The summed E-state index contributed by atoms with van der Waals surface area (Å²) in [5, 5.41) is 14.5. The van der Waals surface area contributed by atoms with Crippen LogP contribution in [0.5, 0.6) is 0 Å². The molecule has 1 atom stereocenters. The van der Waals surface area contributed by atoms with E-state index in [-0.39, 0.29) is 5.75 Å². The summed E-state index contributed by atoms with van der Waals surface area (Å²) < 4.78 is 33.1. The Balaban J connectivity index is 0.000000409. The monoisotopic (exact) mass is 424 g/mol. The van der Waals surface area contributed by atoms with E-state index in [2.05, 4.69) is 26.7 Å². The fraction of sp³-hybridized carbons (Fsp3) is 0.222. The molecule has 10 heteroatoms. The number of nitrogens with zero attached hydrogens (tertiary/aromatic N) is 1. The number of aryl methyl sites for hydroxylation is 1. The van der Waals surface area contributed by atoms with Gasteiger partial charge < -0.3 is 15.0 Å². The zero-order valence-electron chi connectivity index (χ0n) is 15.2. The van der Waals surface area contributed by atoms with Gasteiger partial charge in [0.2, 0.25) is 21.4 Å².